The fraction of sp³-hybridized carbons (Fsp3) is 0.529. The Kier molecular flexibility index (Phi) is 3.70. The normalized spacial score (nSPS) is 28.7. The maximum absolute atomic E-state index is 12.4. The quantitative estimate of drug-likeness (QED) is 0.869. The molecule has 2 fully saturated rings. The number of nitrogens with zero attached hydrogens (tertiary/aromatic N) is 1. The highest BCUT2D eigenvalue weighted by Gasteiger charge is 2.49. The molecule has 2 amide bonds. The van der Waals surface area contributed by atoms with Gasteiger partial charge in [0.1, 0.15) is 0 Å². The third-order valence-electron chi connectivity index (χ3n) is 4.77. The molecule has 4 nitrogen and oxygen atoms in total. The van der Waals surface area contributed by atoms with E-state index in [-0.39, 0.29) is 30.3 Å². The molecule has 0 aromatic heterocycles. The molecule has 0 radical (unpaired) electrons. The molecule has 0 unspecified atom stereocenters. The fourth-order valence-electron chi connectivity index (χ4n) is 3.46. The van der Waals surface area contributed by atoms with Crippen molar-refractivity contribution in [2.45, 2.75) is 33.1 Å². The number of hydrogen-bond donors (Lipinski definition) is 1. The van der Waals surface area contributed by atoms with Gasteiger partial charge >= 0.3 is 0 Å². The minimum absolute atomic E-state index is 0.0103. The number of rotatable bonds is 3. The summed E-state index contributed by atoms with van der Waals surface area (Å²) in [6.07, 6.45) is 2.77. The topological polar surface area (TPSA) is 49.4 Å². The minimum atomic E-state index is -0.0823. The predicted octanol–water partition coefficient (Wildman–Crippen LogP) is 2.79. The van der Waals surface area contributed by atoms with Crippen LogP contribution in [0.5, 0.6) is 0 Å². The predicted molar refractivity (Wildman–Crippen MR) is 81.5 cm³/mol. The van der Waals surface area contributed by atoms with Gasteiger partial charge in [-0.2, -0.15) is 0 Å². The van der Waals surface area contributed by atoms with Gasteiger partial charge < -0.3 is 5.32 Å². The lowest BCUT2D eigenvalue weighted by Crippen LogP contribution is -2.35. The molecular weight excluding hydrogens is 264 g/mol. The molecule has 0 bridgehead atoms. The van der Waals surface area contributed by atoms with Crippen LogP contribution < -0.4 is 5.32 Å². The number of nitrogens with one attached hydrogen (secondary N) is 1. The Morgan fingerprint density at radius 2 is 1.76 bits per heavy atom. The molecule has 112 valence electrons. The van der Waals surface area contributed by atoms with Crippen molar-refractivity contribution in [3.8, 4) is 0 Å². The summed E-state index contributed by atoms with van der Waals surface area (Å²) >= 11 is 0. The molecule has 3 rings (SSSR count). The molecule has 1 saturated heterocycles. The van der Waals surface area contributed by atoms with Gasteiger partial charge in [-0.05, 0) is 44.2 Å². The van der Waals surface area contributed by atoms with E-state index in [1.54, 1.807) is 0 Å². The third kappa shape index (κ3) is 2.67. The lowest BCUT2D eigenvalue weighted by Gasteiger charge is -2.25. The number of anilines is 1. The Morgan fingerprint density at radius 1 is 1.10 bits per heavy atom. The van der Waals surface area contributed by atoms with Crippen molar-refractivity contribution in [2.24, 2.45) is 17.8 Å². The lowest BCUT2D eigenvalue weighted by molar-refractivity contribution is -0.139. The summed E-state index contributed by atoms with van der Waals surface area (Å²) in [5.41, 5.74) is 2.12. The second-order valence-electron chi connectivity index (χ2n) is 6.44. The van der Waals surface area contributed by atoms with Crippen LogP contribution in [0.1, 0.15) is 31.7 Å². The van der Waals surface area contributed by atoms with Crippen molar-refractivity contribution in [2.75, 3.05) is 12.0 Å². The second kappa shape index (κ2) is 5.51. The number of carbonyl (C=O) groups is 2. The van der Waals surface area contributed by atoms with E-state index in [0.29, 0.717) is 5.92 Å². The highest BCUT2D eigenvalue weighted by Crippen LogP contribution is 2.40. The number of imide groups is 1. The van der Waals surface area contributed by atoms with Crippen molar-refractivity contribution >= 4 is 17.5 Å². The minimum Gasteiger partial charge on any atom is -0.367 e. The Bertz CT molecular complexity index is 552. The first-order valence-electron chi connectivity index (χ1n) is 7.72. The molecule has 1 aromatic rings. The zero-order valence-electron chi connectivity index (χ0n) is 12.6. The van der Waals surface area contributed by atoms with Crippen molar-refractivity contribution in [1.29, 1.82) is 0 Å². The van der Waals surface area contributed by atoms with Crippen LogP contribution in [0.2, 0.25) is 0 Å². The van der Waals surface area contributed by atoms with Gasteiger partial charge in [0, 0.05) is 5.69 Å². The van der Waals surface area contributed by atoms with Crippen molar-refractivity contribution in [3.05, 3.63) is 29.8 Å². The summed E-state index contributed by atoms with van der Waals surface area (Å²) in [5.74, 6) is 0.412. The van der Waals surface area contributed by atoms with E-state index in [9.17, 15) is 9.59 Å². The number of aryl methyl sites for hydroxylation is 1. The zero-order chi connectivity index (χ0) is 15.0. The molecule has 0 spiro atoms. The van der Waals surface area contributed by atoms with Gasteiger partial charge in [-0.1, -0.05) is 24.6 Å². The molecule has 1 aromatic carbocycles. The average molecular weight is 286 g/mol. The smallest absolute Gasteiger partial charge is 0.234 e. The highest BCUT2D eigenvalue weighted by molar-refractivity contribution is 6.05. The van der Waals surface area contributed by atoms with Crippen LogP contribution in [-0.2, 0) is 9.59 Å². The van der Waals surface area contributed by atoms with Gasteiger partial charge in [0.2, 0.25) is 11.8 Å². The molecule has 2 aliphatic rings. The first-order valence-corrected chi connectivity index (χ1v) is 7.72. The molecule has 1 aliphatic heterocycles. The van der Waals surface area contributed by atoms with Crippen LogP contribution in [-0.4, -0.2) is 23.4 Å². The van der Waals surface area contributed by atoms with Crippen LogP contribution in [0.4, 0.5) is 5.69 Å². The van der Waals surface area contributed by atoms with Crippen LogP contribution in [0.15, 0.2) is 24.3 Å². The van der Waals surface area contributed by atoms with Gasteiger partial charge in [-0.15, -0.1) is 0 Å². The summed E-state index contributed by atoms with van der Waals surface area (Å²) in [6.45, 7) is 4.48. The third-order valence-corrected chi connectivity index (χ3v) is 4.77. The maximum atomic E-state index is 12.4. The standard InChI is InChI=1S/C17H22N2O2/c1-11-3-6-13(7-4-11)18-10-19-16(20)14-8-5-12(2)9-15(14)17(19)21/h3-4,6-7,12,14-15,18H,5,8-10H2,1-2H3/t12-,14-,15-/m1/s1. The van der Waals surface area contributed by atoms with Crippen molar-refractivity contribution in [3.63, 3.8) is 0 Å². The maximum Gasteiger partial charge on any atom is 0.234 e. The van der Waals surface area contributed by atoms with E-state index in [1.807, 2.05) is 31.2 Å². The van der Waals surface area contributed by atoms with Crippen LogP contribution in [0.3, 0.4) is 0 Å². The van der Waals surface area contributed by atoms with E-state index >= 15 is 0 Å². The largest absolute Gasteiger partial charge is 0.367 e. The molecule has 1 heterocycles. The van der Waals surface area contributed by atoms with Crippen LogP contribution >= 0.6 is 0 Å². The summed E-state index contributed by atoms with van der Waals surface area (Å²) in [4.78, 5) is 26.2. The van der Waals surface area contributed by atoms with Gasteiger partial charge in [-0.25, -0.2) is 0 Å². The molecular formula is C17H22N2O2. The van der Waals surface area contributed by atoms with Gasteiger partial charge in [0.25, 0.3) is 0 Å². The molecule has 21 heavy (non-hydrogen) atoms. The van der Waals surface area contributed by atoms with Crippen LogP contribution in [0.25, 0.3) is 0 Å². The Balaban J connectivity index is 1.67. The van der Waals surface area contributed by atoms with Crippen molar-refractivity contribution < 1.29 is 9.59 Å². The molecule has 3 atom stereocenters. The van der Waals surface area contributed by atoms with Crippen LogP contribution in [0, 0.1) is 24.7 Å². The highest BCUT2D eigenvalue weighted by atomic mass is 16.2. The average Bonchev–Trinajstić information content (AvgIpc) is 2.70. The zero-order valence-corrected chi connectivity index (χ0v) is 12.6. The van der Waals surface area contributed by atoms with E-state index in [0.717, 1.165) is 24.9 Å². The summed E-state index contributed by atoms with van der Waals surface area (Å²) in [6, 6.07) is 7.96. The molecule has 1 aliphatic carbocycles. The number of fused-ring (bicyclic) bond motifs is 1. The van der Waals surface area contributed by atoms with E-state index < -0.39 is 0 Å². The van der Waals surface area contributed by atoms with Gasteiger partial charge in [0.15, 0.2) is 0 Å². The SMILES string of the molecule is Cc1ccc(NCN2C(=O)[C@@H]3CC[C@@H](C)C[C@H]3C2=O)cc1. The Labute approximate surface area is 125 Å². The number of carbonyl (C=O) groups excluding carboxylic acids is 2. The second-order valence-corrected chi connectivity index (χ2v) is 6.44. The van der Waals surface area contributed by atoms with E-state index in [1.165, 1.54) is 10.5 Å². The number of likely N-dealkylation sites (tertiary alicyclic amines) is 1. The summed E-state index contributed by atoms with van der Waals surface area (Å²) in [5, 5.41) is 3.18. The monoisotopic (exact) mass is 286 g/mol. The lowest BCUT2D eigenvalue weighted by atomic mass is 9.76. The van der Waals surface area contributed by atoms with Gasteiger partial charge in [0.05, 0.1) is 18.5 Å². The number of benzene rings is 1. The first-order chi connectivity index (χ1) is 10.1. The summed E-state index contributed by atoms with van der Waals surface area (Å²) < 4.78 is 0. The van der Waals surface area contributed by atoms with E-state index in [4.69, 9.17) is 0 Å². The molecule has 4 heteroatoms. The Hall–Kier alpha value is -1.84. The first kappa shape index (κ1) is 14.1. The van der Waals surface area contributed by atoms with E-state index in [2.05, 4.69) is 12.2 Å². The van der Waals surface area contributed by atoms with Crippen molar-refractivity contribution in [1.82, 2.24) is 4.90 Å². The Morgan fingerprint density at radius 3 is 2.48 bits per heavy atom. The van der Waals surface area contributed by atoms with Gasteiger partial charge in [-0.3, -0.25) is 14.5 Å². The molecule has 1 N–H and O–H groups in total. The number of amides is 2. The number of hydrogen-bond acceptors (Lipinski definition) is 3. The fourth-order valence-corrected chi connectivity index (χ4v) is 3.46. The molecule has 1 saturated carbocycles. The summed E-state index contributed by atoms with van der Waals surface area (Å²) in [7, 11) is 0.